The second-order valence-electron chi connectivity index (χ2n) is 23.9. The summed E-state index contributed by atoms with van der Waals surface area (Å²) in [5.41, 5.74) is 0. The average Bonchev–Trinajstić information content (AvgIpc) is 2.53. The quantitative estimate of drug-likeness (QED) is 0.0204. The summed E-state index contributed by atoms with van der Waals surface area (Å²) < 4.78 is 22.8. The lowest BCUT2D eigenvalue weighted by molar-refractivity contribution is -0.359. The van der Waals surface area contributed by atoms with Crippen molar-refractivity contribution in [2.24, 2.45) is 0 Å². The number of rotatable bonds is 55. The summed E-state index contributed by atoms with van der Waals surface area (Å²) in [7, 11) is 0. The Hall–Kier alpha value is -3.09. The van der Waals surface area contributed by atoms with Gasteiger partial charge in [0.05, 0.1) is 32.0 Å². The van der Waals surface area contributed by atoms with Gasteiger partial charge in [0.2, 0.25) is 5.91 Å². The average molecular weight is 1210 g/mol. The summed E-state index contributed by atoms with van der Waals surface area (Å²) in [6, 6.07) is -0.945. The van der Waals surface area contributed by atoms with E-state index in [9.17, 15) is 45.6 Å². The lowest BCUT2D eigenvalue weighted by atomic mass is 9.97. The van der Waals surface area contributed by atoms with Gasteiger partial charge in [-0.25, -0.2) is 0 Å². The molecule has 0 spiro atoms. The molecule has 9 N–H and O–H groups in total. The first-order valence-electron chi connectivity index (χ1n) is 34.5. The van der Waals surface area contributed by atoms with Crippen molar-refractivity contribution in [3.8, 4) is 0 Å². The molecule has 0 aliphatic carbocycles. The lowest BCUT2D eigenvalue weighted by Crippen LogP contribution is -2.65. The number of carbonyl (C=O) groups is 1. The zero-order valence-electron chi connectivity index (χ0n) is 53.8. The number of aliphatic hydroxyl groups is 8. The third-order valence-corrected chi connectivity index (χ3v) is 16.2. The van der Waals surface area contributed by atoms with Gasteiger partial charge in [0.1, 0.15) is 48.8 Å². The molecule has 12 atom stereocenters. The maximum absolute atomic E-state index is 13.3. The van der Waals surface area contributed by atoms with Crippen molar-refractivity contribution in [3.63, 3.8) is 0 Å². The molecule has 86 heavy (non-hydrogen) atoms. The van der Waals surface area contributed by atoms with E-state index in [4.69, 9.17) is 18.9 Å². The second-order valence-corrected chi connectivity index (χ2v) is 23.9. The first kappa shape index (κ1) is 79.0. The van der Waals surface area contributed by atoms with E-state index in [-0.39, 0.29) is 18.9 Å². The highest BCUT2D eigenvalue weighted by atomic mass is 16.7. The summed E-state index contributed by atoms with van der Waals surface area (Å²) in [4.78, 5) is 13.3. The van der Waals surface area contributed by atoms with Crippen LogP contribution >= 0.6 is 0 Å². The number of hydrogen-bond acceptors (Lipinski definition) is 13. The molecule has 496 valence electrons. The first-order chi connectivity index (χ1) is 42.1. The van der Waals surface area contributed by atoms with Crippen molar-refractivity contribution in [3.05, 3.63) is 97.2 Å². The fraction of sp³-hybridized carbons (Fsp3) is 0.764. The molecule has 2 fully saturated rings. The van der Waals surface area contributed by atoms with Crippen LogP contribution in [-0.4, -0.2) is 140 Å². The SMILES string of the molecule is CC/C=C\C/C=C\C/C=C\C/C=C\C/C=C\CCCCCCCCCCCCCCCC(=O)NC(COC1OC(CO)C(OC2OC(CO)C(O)C(O)C2O)C(O)C1O)C(O)/C=C/CC/C=C/CC/C=C/CCCCCCCCCCCCCCC. The molecule has 0 saturated carbocycles. The third kappa shape index (κ3) is 39.8. The monoisotopic (exact) mass is 1210 g/mol. The van der Waals surface area contributed by atoms with Crippen LogP contribution in [0.4, 0.5) is 0 Å². The maximum atomic E-state index is 13.3. The number of ether oxygens (including phenoxy) is 4. The van der Waals surface area contributed by atoms with Gasteiger partial charge in [-0.1, -0.05) is 259 Å². The highest BCUT2D eigenvalue weighted by Gasteiger charge is 2.51. The van der Waals surface area contributed by atoms with Crippen molar-refractivity contribution >= 4 is 5.91 Å². The Kier molecular flexibility index (Phi) is 51.4. The van der Waals surface area contributed by atoms with Crippen LogP contribution < -0.4 is 5.32 Å². The van der Waals surface area contributed by atoms with E-state index in [1.807, 2.05) is 6.08 Å². The van der Waals surface area contributed by atoms with Gasteiger partial charge in [-0.05, 0) is 89.9 Å². The van der Waals surface area contributed by atoms with Crippen molar-refractivity contribution < 1.29 is 64.6 Å². The summed E-state index contributed by atoms with van der Waals surface area (Å²) in [6.45, 7) is 2.68. The van der Waals surface area contributed by atoms with Crippen molar-refractivity contribution in [1.82, 2.24) is 5.32 Å². The van der Waals surface area contributed by atoms with Gasteiger partial charge in [-0.15, -0.1) is 0 Å². The van der Waals surface area contributed by atoms with Crippen LogP contribution in [0.25, 0.3) is 0 Å². The second kappa shape index (κ2) is 55.9. The van der Waals surface area contributed by atoms with Gasteiger partial charge >= 0.3 is 0 Å². The Balaban J connectivity index is 1.71. The van der Waals surface area contributed by atoms with Crippen LogP contribution in [0, 0.1) is 0 Å². The predicted molar refractivity (Wildman–Crippen MR) is 350 cm³/mol. The van der Waals surface area contributed by atoms with Gasteiger partial charge < -0.3 is 65.1 Å². The molecule has 2 heterocycles. The molecule has 0 aromatic carbocycles. The number of nitrogens with one attached hydrogen (secondary N) is 1. The Labute approximate surface area is 522 Å². The number of aliphatic hydroxyl groups excluding tert-OH is 8. The van der Waals surface area contributed by atoms with Gasteiger partial charge in [0.25, 0.3) is 0 Å². The number of carbonyl (C=O) groups excluding carboxylic acids is 1. The van der Waals surface area contributed by atoms with E-state index in [1.54, 1.807) is 6.08 Å². The molecular weight excluding hydrogens is 1090 g/mol. The minimum Gasteiger partial charge on any atom is -0.394 e. The maximum Gasteiger partial charge on any atom is 0.220 e. The fourth-order valence-corrected chi connectivity index (χ4v) is 10.8. The smallest absolute Gasteiger partial charge is 0.220 e. The molecule has 12 unspecified atom stereocenters. The standard InChI is InChI=1S/C72H125NO13/c1-3-5-7-9-11-13-15-17-19-21-23-25-27-28-29-30-31-32-34-36-38-40-42-44-46-48-50-52-54-56-64(77)73-60(59-83-71-69(82)67(80)70(63(58-75)85-71)86-72-68(81)66(79)65(78)62(57-74)84-72)61(76)55-53-51-49-47-45-43-41-39-37-35-33-26-24-22-20-18-16-14-12-10-8-6-4-2/h5,7,11,13,17,19,23,25,28-29,37,39,45,47,53,55,60-63,65-72,74-76,78-82H,3-4,6,8-10,12,14-16,18,20-22,24,26-27,30-36,38,40-44,46,48-52,54,56-59H2,1-2H3,(H,73,77)/b7-5-,13-11-,19-17-,25-23-,29-28-,39-37+,47-45+,55-53+. The van der Waals surface area contributed by atoms with Crippen LogP contribution in [0.3, 0.4) is 0 Å². The number of allylic oxidation sites excluding steroid dienone is 15. The van der Waals surface area contributed by atoms with Gasteiger partial charge in [0, 0.05) is 6.42 Å². The van der Waals surface area contributed by atoms with E-state index in [0.29, 0.717) is 12.8 Å². The molecule has 0 aromatic heterocycles. The van der Waals surface area contributed by atoms with Crippen LogP contribution in [0.1, 0.15) is 258 Å². The summed E-state index contributed by atoms with van der Waals surface area (Å²) in [5, 5.41) is 87.4. The Morgan fingerprint density at radius 1 is 0.430 bits per heavy atom. The number of unbranched alkanes of at least 4 members (excludes halogenated alkanes) is 28. The molecule has 2 rings (SSSR count). The Bertz CT molecular complexity index is 1810. The molecule has 14 heteroatoms. The molecule has 2 aliphatic heterocycles. The number of hydrogen-bond donors (Lipinski definition) is 9. The minimum atomic E-state index is -1.80. The largest absolute Gasteiger partial charge is 0.394 e. The molecule has 2 aliphatic rings. The normalized spacial score (nSPS) is 24.0. The zero-order valence-corrected chi connectivity index (χ0v) is 53.8. The molecule has 1 amide bonds. The predicted octanol–water partition coefficient (Wildman–Crippen LogP) is 13.8. The van der Waals surface area contributed by atoms with Crippen molar-refractivity contribution in [2.75, 3.05) is 19.8 Å². The highest BCUT2D eigenvalue weighted by Crippen LogP contribution is 2.30. The molecule has 14 nitrogen and oxygen atoms in total. The van der Waals surface area contributed by atoms with Crippen LogP contribution in [0.15, 0.2) is 97.2 Å². The van der Waals surface area contributed by atoms with Gasteiger partial charge in [-0.3, -0.25) is 4.79 Å². The topological polar surface area (TPSA) is 228 Å². The number of amides is 1. The van der Waals surface area contributed by atoms with E-state index in [0.717, 1.165) is 83.5 Å². The lowest BCUT2D eigenvalue weighted by Gasteiger charge is -2.46. The molecule has 0 radical (unpaired) electrons. The summed E-state index contributed by atoms with van der Waals surface area (Å²) in [5.74, 6) is -0.257. The van der Waals surface area contributed by atoms with E-state index >= 15 is 0 Å². The summed E-state index contributed by atoms with van der Waals surface area (Å²) >= 11 is 0. The van der Waals surface area contributed by atoms with E-state index in [2.05, 4.69) is 104 Å². The van der Waals surface area contributed by atoms with Crippen LogP contribution in [0.2, 0.25) is 0 Å². The Morgan fingerprint density at radius 2 is 0.814 bits per heavy atom. The zero-order chi connectivity index (χ0) is 62.3. The Morgan fingerprint density at radius 3 is 1.28 bits per heavy atom. The molecule has 0 aromatic rings. The molecule has 0 bridgehead atoms. The van der Waals surface area contributed by atoms with Crippen molar-refractivity contribution in [1.29, 1.82) is 0 Å². The fourth-order valence-electron chi connectivity index (χ4n) is 10.8. The van der Waals surface area contributed by atoms with Crippen LogP contribution in [0.5, 0.6) is 0 Å². The highest BCUT2D eigenvalue weighted by molar-refractivity contribution is 5.76. The van der Waals surface area contributed by atoms with E-state index in [1.165, 1.54) is 141 Å². The van der Waals surface area contributed by atoms with Crippen molar-refractivity contribution in [2.45, 2.75) is 331 Å². The van der Waals surface area contributed by atoms with Crippen LogP contribution in [-0.2, 0) is 23.7 Å². The summed E-state index contributed by atoms with van der Waals surface area (Å²) in [6.07, 6.45) is 61.7. The molecule has 2 saturated heterocycles. The molecular formula is C72H125NO13. The van der Waals surface area contributed by atoms with Gasteiger partial charge in [-0.2, -0.15) is 0 Å². The first-order valence-corrected chi connectivity index (χ1v) is 34.5. The third-order valence-electron chi connectivity index (χ3n) is 16.2. The van der Waals surface area contributed by atoms with E-state index < -0.39 is 86.8 Å². The van der Waals surface area contributed by atoms with Gasteiger partial charge in [0.15, 0.2) is 12.6 Å². The minimum absolute atomic E-state index is 0.257.